The average Bonchev–Trinajstić information content (AvgIpc) is 3.22. The number of rotatable bonds is 4. The van der Waals surface area contributed by atoms with Crippen molar-refractivity contribution >= 4 is 29.5 Å². The molecule has 0 saturated carbocycles. The van der Waals surface area contributed by atoms with Crippen LogP contribution in [0.5, 0.6) is 0 Å². The minimum Gasteiger partial charge on any atom is -0.325 e. The summed E-state index contributed by atoms with van der Waals surface area (Å²) >= 11 is 6.00. The fraction of sp³-hybridized carbons (Fsp3) is 0.444. The molecule has 2 atom stereocenters. The van der Waals surface area contributed by atoms with Crippen LogP contribution in [0.4, 0.5) is 10.7 Å². The van der Waals surface area contributed by atoms with Gasteiger partial charge < -0.3 is 9.80 Å². The summed E-state index contributed by atoms with van der Waals surface area (Å²) in [7, 11) is 3.23. The Labute approximate surface area is 162 Å². The largest absolute Gasteiger partial charge is 0.327 e. The number of nitrogens with zero attached hydrogens (tertiary/aromatic N) is 6. The SMILES string of the molecule is CCCCN1c2nnc(-c3ccc(Cl)cc3)n2C2C1C(=O)N(C)C(=O)N2C. The summed E-state index contributed by atoms with van der Waals surface area (Å²) in [6.45, 7) is 2.78. The monoisotopic (exact) mass is 388 g/mol. The van der Waals surface area contributed by atoms with Gasteiger partial charge in [-0.15, -0.1) is 10.2 Å². The van der Waals surface area contributed by atoms with Crippen molar-refractivity contribution in [3.63, 3.8) is 0 Å². The number of aromatic nitrogens is 3. The van der Waals surface area contributed by atoms with Crippen molar-refractivity contribution in [2.45, 2.75) is 32.0 Å². The van der Waals surface area contributed by atoms with Crippen molar-refractivity contribution in [2.75, 3.05) is 25.5 Å². The molecule has 0 N–H and O–H groups in total. The lowest BCUT2D eigenvalue weighted by molar-refractivity contribution is -0.133. The first-order valence-corrected chi connectivity index (χ1v) is 9.35. The minimum atomic E-state index is -0.499. The van der Waals surface area contributed by atoms with E-state index in [1.54, 1.807) is 24.1 Å². The van der Waals surface area contributed by atoms with Gasteiger partial charge in [-0.3, -0.25) is 14.3 Å². The third-order valence-electron chi connectivity index (χ3n) is 5.24. The molecule has 0 spiro atoms. The van der Waals surface area contributed by atoms with Crippen LogP contribution in [-0.4, -0.2) is 63.2 Å². The van der Waals surface area contributed by atoms with Crippen molar-refractivity contribution in [3.8, 4) is 11.4 Å². The molecule has 2 unspecified atom stereocenters. The van der Waals surface area contributed by atoms with E-state index in [-0.39, 0.29) is 11.9 Å². The molecule has 3 amide bonds. The van der Waals surface area contributed by atoms with Gasteiger partial charge in [-0.25, -0.2) is 4.79 Å². The van der Waals surface area contributed by atoms with Gasteiger partial charge in [-0.2, -0.15) is 0 Å². The van der Waals surface area contributed by atoms with E-state index in [0.29, 0.717) is 23.3 Å². The Morgan fingerprint density at radius 3 is 2.48 bits per heavy atom. The van der Waals surface area contributed by atoms with Gasteiger partial charge in [0.05, 0.1) is 0 Å². The quantitative estimate of drug-likeness (QED) is 0.804. The number of imide groups is 1. The number of urea groups is 1. The highest BCUT2D eigenvalue weighted by Gasteiger charge is 2.54. The van der Waals surface area contributed by atoms with Crippen LogP contribution in [0.15, 0.2) is 24.3 Å². The Kier molecular flexibility index (Phi) is 4.30. The number of carbonyl (C=O) groups is 2. The van der Waals surface area contributed by atoms with E-state index < -0.39 is 12.2 Å². The fourth-order valence-electron chi connectivity index (χ4n) is 3.80. The first-order valence-electron chi connectivity index (χ1n) is 8.97. The fourth-order valence-corrected chi connectivity index (χ4v) is 3.93. The number of benzene rings is 1. The number of carbonyl (C=O) groups excluding carboxylic acids is 2. The van der Waals surface area contributed by atoms with Crippen LogP contribution < -0.4 is 4.90 Å². The third kappa shape index (κ3) is 2.58. The molecule has 2 aliphatic rings. The van der Waals surface area contributed by atoms with Gasteiger partial charge in [0.2, 0.25) is 5.95 Å². The highest BCUT2D eigenvalue weighted by atomic mass is 35.5. The number of amides is 3. The van der Waals surface area contributed by atoms with Gasteiger partial charge in [0.15, 0.2) is 11.9 Å². The minimum absolute atomic E-state index is 0.216. The molecular formula is C18H21ClN6O2. The second-order valence-corrected chi connectivity index (χ2v) is 7.33. The number of halogens is 1. The Morgan fingerprint density at radius 1 is 1.11 bits per heavy atom. The first kappa shape index (κ1) is 17.8. The van der Waals surface area contributed by atoms with Crippen molar-refractivity contribution < 1.29 is 9.59 Å². The summed E-state index contributed by atoms with van der Waals surface area (Å²) in [5.74, 6) is 1.02. The predicted octanol–water partition coefficient (Wildman–Crippen LogP) is 2.61. The lowest BCUT2D eigenvalue weighted by Crippen LogP contribution is -2.61. The van der Waals surface area contributed by atoms with Gasteiger partial charge in [-0.05, 0) is 30.7 Å². The van der Waals surface area contributed by atoms with E-state index >= 15 is 0 Å². The molecule has 142 valence electrons. The standard InChI is InChI=1S/C18H21ClN6O2/c1-4-5-10-24-13-15(22(2)18(27)23(3)16(13)26)25-14(20-21-17(24)25)11-6-8-12(19)9-7-11/h6-9,13,15H,4-5,10H2,1-3H3. The van der Waals surface area contributed by atoms with Gasteiger partial charge in [0.25, 0.3) is 5.91 Å². The summed E-state index contributed by atoms with van der Waals surface area (Å²) in [6.07, 6.45) is 1.43. The van der Waals surface area contributed by atoms with E-state index in [9.17, 15) is 9.59 Å². The summed E-state index contributed by atoms with van der Waals surface area (Å²) in [5.41, 5.74) is 0.835. The molecule has 4 rings (SSSR count). The maximum atomic E-state index is 13.0. The number of anilines is 1. The molecule has 27 heavy (non-hydrogen) atoms. The van der Waals surface area contributed by atoms with Crippen LogP contribution in [0, 0.1) is 0 Å². The van der Waals surface area contributed by atoms with Crippen molar-refractivity contribution in [1.29, 1.82) is 0 Å². The Hall–Kier alpha value is -2.61. The van der Waals surface area contributed by atoms with Crippen LogP contribution in [0.1, 0.15) is 25.9 Å². The molecule has 0 radical (unpaired) electrons. The van der Waals surface area contributed by atoms with E-state index in [2.05, 4.69) is 17.1 Å². The summed E-state index contributed by atoms with van der Waals surface area (Å²) in [5, 5.41) is 9.35. The van der Waals surface area contributed by atoms with Crippen LogP contribution >= 0.6 is 11.6 Å². The van der Waals surface area contributed by atoms with Crippen molar-refractivity contribution in [3.05, 3.63) is 29.3 Å². The Bertz CT molecular complexity index is 896. The lowest BCUT2D eigenvalue weighted by atomic mass is 10.1. The Morgan fingerprint density at radius 2 is 1.81 bits per heavy atom. The zero-order valence-electron chi connectivity index (χ0n) is 15.5. The molecule has 0 bridgehead atoms. The summed E-state index contributed by atoms with van der Waals surface area (Å²) in [4.78, 5) is 30.3. The van der Waals surface area contributed by atoms with Crippen LogP contribution in [0.25, 0.3) is 11.4 Å². The van der Waals surface area contributed by atoms with Gasteiger partial charge in [-0.1, -0.05) is 24.9 Å². The van der Waals surface area contributed by atoms with Crippen LogP contribution in [-0.2, 0) is 4.79 Å². The molecule has 2 aromatic rings. The van der Waals surface area contributed by atoms with Gasteiger partial charge in [0, 0.05) is 31.2 Å². The number of unbranched alkanes of at least 4 members (excludes halogenated alkanes) is 1. The normalized spacial score (nSPS) is 21.7. The van der Waals surface area contributed by atoms with Crippen molar-refractivity contribution in [2.24, 2.45) is 0 Å². The van der Waals surface area contributed by atoms with E-state index in [4.69, 9.17) is 11.6 Å². The predicted molar refractivity (Wildman–Crippen MR) is 101 cm³/mol. The highest BCUT2D eigenvalue weighted by molar-refractivity contribution is 6.30. The third-order valence-corrected chi connectivity index (χ3v) is 5.49. The second kappa shape index (κ2) is 6.53. The first-order chi connectivity index (χ1) is 13.0. The molecule has 8 nitrogen and oxygen atoms in total. The molecule has 3 heterocycles. The molecule has 1 aromatic carbocycles. The zero-order chi connectivity index (χ0) is 19.3. The van der Waals surface area contributed by atoms with Gasteiger partial charge in [0.1, 0.15) is 6.17 Å². The topological polar surface area (TPSA) is 74.6 Å². The van der Waals surface area contributed by atoms with Gasteiger partial charge >= 0.3 is 6.03 Å². The molecule has 2 aliphatic heterocycles. The molecule has 9 heteroatoms. The van der Waals surface area contributed by atoms with E-state index in [1.807, 2.05) is 21.6 Å². The molecule has 1 saturated heterocycles. The maximum absolute atomic E-state index is 13.0. The number of fused-ring (bicyclic) bond motifs is 3. The molecular weight excluding hydrogens is 368 g/mol. The summed E-state index contributed by atoms with van der Waals surface area (Å²) in [6, 6.07) is 6.47. The molecule has 1 aromatic heterocycles. The average molecular weight is 389 g/mol. The van der Waals surface area contributed by atoms with Crippen molar-refractivity contribution in [1.82, 2.24) is 24.6 Å². The zero-order valence-corrected chi connectivity index (χ0v) is 16.2. The maximum Gasteiger partial charge on any atom is 0.327 e. The smallest absolute Gasteiger partial charge is 0.325 e. The molecule has 1 fully saturated rings. The number of hydrogen-bond acceptors (Lipinski definition) is 5. The Balaban J connectivity index is 1.85. The highest BCUT2D eigenvalue weighted by Crippen LogP contribution is 2.42. The second-order valence-electron chi connectivity index (χ2n) is 6.90. The van der Waals surface area contributed by atoms with E-state index in [0.717, 1.165) is 18.4 Å². The summed E-state index contributed by atoms with van der Waals surface area (Å²) < 4.78 is 1.90. The lowest BCUT2D eigenvalue weighted by Gasteiger charge is -2.40. The van der Waals surface area contributed by atoms with Crippen LogP contribution in [0.3, 0.4) is 0 Å². The van der Waals surface area contributed by atoms with E-state index in [1.165, 1.54) is 11.9 Å². The number of likely N-dealkylation sites (N-methyl/N-ethyl adjacent to an activating group) is 2. The number of hydrogen-bond donors (Lipinski definition) is 0. The molecule has 0 aliphatic carbocycles. The van der Waals surface area contributed by atoms with Crippen LogP contribution in [0.2, 0.25) is 5.02 Å².